The second kappa shape index (κ2) is 10.00. The van der Waals surface area contributed by atoms with E-state index >= 15 is 0 Å². The Hall–Kier alpha value is -4.52. The number of aromatic nitrogens is 3. The van der Waals surface area contributed by atoms with Gasteiger partial charge in [-0.25, -0.2) is 4.98 Å². The van der Waals surface area contributed by atoms with Crippen LogP contribution in [-0.4, -0.2) is 26.4 Å². The molecule has 0 atom stereocenters. The average molecular weight is 478 g/mol. The molecule has 0 fully saturated rings. The Bertz CT molecular complexity index is 1670. The van der Waals surface area contributed by atoms with Crippen LogP contribution in [0.4, 0.5) is 0 Å². The topological polar surface area (TPSA) is 92.2 Å². The number of hydrogen-bond acceptors (Lipinski definition) is 4. The lowest BCUT2D eigenvalue weighted by Gasteiger charge is -2.15. The molecule has 0 saturated carbocycles. The fraction of sp³-hybridized carbons (Fsp3) is 0.172. The maximum Gasteiger partial charge on any atom is 0.267 e. The number of benzene rings is 2. The minimum absolute atomic E-state index is 0.0407. The van der Waals surface area contributed by atoms with Crippen molar-refractivity contribution < 1.29 is 4.79 Å². The fourth-order valence-corrected chi connectivity index (χ4v) is 4.38. The molecule has 2 aromatic carbocycles. The lowest BCUT2D eigenvalue weighted by Crippen LogP contribution is -2.36. The van der Waals surface area contributed by atoms with Crippen molar-refractivity contribution in [3.8, 4) is 0 Å². The SMILES string of the molecule is Cc1ccc2nc3c(cc(C(=O)NCCc4ccccc4)c(=N)n3CCc3ccccc3)c(=O)n2c1. The summed E-state index contributed by atoms with van der Waals surface area (Å²) in [7, 11) is 0. The maximum absolute atomic E-state index is 13.5. The third kappa shape index (κ3) is 4.68. The van der Waals surface area contributed by atoms with Crippen LogP contribution < -0.4 is 16.4 Å². The number of carbonyl (C=O) groups is 1. The zero-order valence-electron chi connectivity index (χ0n) is 20.1. The summed E-state index contributed by atoms with van der Waals surface area (Å²) in [6, 6.07) is 25.0. The van der Waals surface area contributed by atoms with Gasteiger partial charge in [0, 0.05) is 19.3 Å². The molecule has 180 valence electrons. The van der Waals surface area contributed by atoms with Gasteiger partial charge in [-0.1, -0.05) is 66.7 Å². The summed E-state index contributed by atoms with van der Waals surface area (Å²) in [5.74, 6) is -0.375. The van der Waals surface area contributed by atoms with Crippen molar-refractivity contribution >= 4 is 22.6 Å². The lowest BCUT2D eigenvalue weighted by atomic mass is 10.1. The average Bonchev–Trinajstić information content (AvgIpc) is 2.90. The Balaban J connectivity index is 1.57. The number of carbonyl (C=O) groups excluding carboxylic acids is 1. The number of hydrogen-bond donors (Lipinski definition) is 2. The largest absolute Gasteiger partial charge is 0.352 e. The number of nitrogens with one attached hydrogen (secondary N) is 2. The van der Waals surface area contributed by atoms with E-state index in [0.29, 0.717) is 42.6 Å². The van der Waals surface area contributed by atoms with E-state index in [9.17, 15) is 9.59 Å². The second-order valence-corrected chi connectivity index (χ2v) is 8.87. The van der Waals surface area contributed by atoms with Crippen LogP contribution >= 0.6 is 0 Å². The highest BCUT2D eigenvalue weighted by Crippen LogP contribution is 2.13. The molecule has 0 aliphatic rings. The number of pyridine rings is 2. The van der Waals surface area contributed by atoms with E-state index in [0.717, 1.165) is 16.7 Å². The molecule has 0 spiro atoms. The van der Waals surface area contributed by atoms with Crippen LogP contribution in [0.3, 0.4) is 0 Å². The van der Waals surface area contributed by atoms with Gasteiger partial charge >= 0.3 is 0 Å². The van der Waals surface area contributed by atoms with Gasteiger partial charge in [-0.15, -0.1) is 0 Å². The molecule has 0 saturated heterocycles. The van der Waals surface area contributed by atoms with E-state index < -0.39 is 0 Å². The molecule has 0 unspecified atom stereocenters. The third-order valence-electron chi connectivity index (χ3n) is 6.31. The molecule has 36 heavy (non-hydrogen) atoms. The van der Waals surface area contributed by atoms with Crippen molar-refractivity contribution in [2.24, 2.45) is 0 Å². The van der Waals surface area contributed by atoms with E-state index in [2.05, 4.69) is 5.32 Å². The quantitative estimate of drug-likeness (QED) is 0.351. The summed E-state index contributed by atoms with van der Waals surface area (Å²) in [6.45, 7) is 2.76. The Kier molecular flexibility index (Phi) is 6.45. The van der Waals surface area contributed by atoms with E-state index in [1.54, 1.807) is 16.8 Å². The van der Waals surface area contributed by atoms with Gasteiger partial charge in [0.2, 0.25) is 0 Å². The zero-order chi connectivity index (χ0) is 25.1. The Labute approximate surface area is 208 Å². The Morgan fingerprint density at radius 3 is 2.31 bits per heavy atom. The van der Waals surface area contributed by atoms with Crippen LogP contribution in [0.5, 0.6) is 0 Å². The van der Waals surface area contributed by atoms with Crippen LogP contribution in [0.25, 0.3) is 16.7 Å². The molecule has 3 heterocycles. The fourth-order valence-electron chi connectivity index (χ4n) is 4.38. The number of nitrogens with zero attached hydrogens (tertiary/aromatic N) is 3. The van der Waals surface area contributed by atoms with Gasteiger partial charge < -0.3 is 9.88 Å². The number of amides is 1. The van der Waals surface area contributed by atoms with Crippen molar-refractivity contribution in [1.29, 1.82) is 5.41 Å². The molecule has 0 aliphatic carbocycles. The number of aryl methyl sites for hydroxylation is 3. The van der Waals surface area contributed by atoms with Crippen LogP contribution in [0, 0.1) is 12.3 Å². The van der Waals surface area contributed by atoms with Crippen molar-refractivity contribution in [3.63, 3.8) is 0 Å². The molecule has 0 bridgehead atoms. The van der Waals surface area contributed by atoms with E-state index in [-0.39, 0.29) is 22.5 Å². The molecule has 5 rings (SSSR count). The van der Waals surface area contributed by atoms with Gasteiger partial charge in [-0.05, 0) is 48.6 Å². The smallest absolute Gasteiger partial charge is 0.267 e. The summed E-state index contributed by atoms with van der Waals surface area (Å²) in [6.07, 6.45) is 3.06. The van der Waals surface area contributed by atoms with Crippen LogP contribution in [-0.2, 0) is 19.4 Å². The van der Waals surface area contributed by atoms with Crippen molar-refractivity contribution in [2.75, 3.05) is 6.54 Å². The summed E-state index contributed by atoms with van der Waals surface area (Å²) < 4.78 is 3.18. The van der Waals surface area contributed by atoms with Crippen LogP contribution in [0.1, 0.15) is 27.0 Å². The minimum Gasteiger partial charge on any atom is -0.352 e. The molecular weight excluding hydrogens is 450 g/mol. The highest BCUT2D eigenvalue weighted by atomic mass is 16.1. The second-order valence-electron chi connectivity index (χ2n) is 8.87. The Morgan fingerprint density at radius 1 is 0.944 bits per heavy atom. The van der Waals surface area contributed by atoms with Gasteiger partial charge in [-0.2, -0.15) is 0 Å². The molecule has 2 N–H and O–H groups in total. The highest BCUT2D eigenvalue weighted by Gasteiger charge is 2.17. The first kappa shape index (κ1) is 23.2. The standard InChI is InChI=1S/C29H27N5O2/c1-20-12-13-25-32-27-24(29(36)34(25)19-20)18-23(28(35)31-16-14-21-8-4-2-5-9-21)26(30)33(27)17-15-22-10-6-3-7-11-22/h2-13,18-19,30H,14-17H2,1H3,(H,31,35). The number of fused-ring (bicyclic) bond motifs is 2. The van der Waals surface area contributed by atoms with Crippen LogP contribution in [0.15, 0.2) is 89.9 Å². The van der Waals surface area contributed by atoms with Crippen molar-refractivity contribution in [2.45, 2.75) is 26.3 Å². The monoisotopic (exact) mass is 477 g/mol. The summed E-state index contributed by atoms with van der Waals surface area (Å²) in [4.78, 5) is 31.4. The molecule has 0 radical (unpaired) electrons. The van der Waals surface area contributed by atoms with Gasteiger partial charge in [0.15, 0.2) is 0 Å². The molecular formula is C29H27N5O2. The molecule has 3 aromatic heterocycles. The molecule has 0 aliphatic heterocycles. The third-order valence-corrected chi connectivity index (χ3v) is 6.31. The van der Waals surface area contributed by atoms with E-state index in [4.69, 9.17) is 10.4 Å². The summed E-state index contributed by atoms with van der Waals surface area (Å²) in [5.41, 5.74) is 4.00. The first-order valence-electron chi connectivity index (χ1n) is 12.0. The molecule has 5 aromatic rings. The predicted octanol–water partition coefficient (Wildman–Crippen LogP) is 3.65. The first-order chi connectivity index (χ1) is 17.5. The lowest BCUT2D eigenvalue weighted by molar-refractivity contribution is 0.0951. The van der Waals surface area contributed by atoms with Gasteiger partial charge in [-0.3, -0.25) is 19.4 Å². The van der Waals surface area contributed by atoms with Crippen molar-refractivity contribution in [3.05, 3.63) is 123 Å². The molecule has 7 heteroatoms. The molecule has 7 nitrogen and oxygen atoms in total. The van der Waals surface area contributed by atoms with Gasteiger partial charge in [0.05, 0.1) is 10.9 Å². The van der Waals surface area contributed by atoms with Gasteiger partial charge in [0.25, 0.3) is 11.5 Å². The Morgan fingerprint density at radius 2 is 1.61 bits per heavy atom. The normalized spacial score (nSPS) is 11.1. The van der Waals surface area contributed by atoms with E-state index in [1.807, 2.05) is 73.7 Å². The number of rotatable bonds is 7. The maximum atomic E-state index is 13.5. The zero-order valence-corrected chi connectivity index (χ0v) is 20.1. The summed E-state index contributed by atoms with van der Waals surface area (Å²) >= 11 is 0. The minimum atomic E-state index is -0.375. The van der Waals surface area contributed by atoms with Crippen molar-refractivity contribution in [1.82, 2.24) is 19.3 Å². The summed E-state index contributed by atoms with van der Waals surface area (Å²) in [5, 5.41) is 12.1. The first-order valence-corrected chi connectivity index (χ1v) is 12.0. The van der Waals surface area contributed by atoms with Crippen LogP contribution in [0.2, 0.25) is 0 Å². The molecule has 1 amide bonds. The predicted molar refractivity (Wildman–Crippen MR) is 140 cm³/mol. The highest BCUT2D eigenvalue weighted by molar-refractivity contribution is 5.96. The van der Waals surface area contributed by atoms with Gasteiger partial charge in [0.1, 0.15) is 16.8 Å². The van der Waals surface area contributed by atoms with E-state index in [1.165, 1.54) is 10.5 Å².